The van der Waals surface area contributed by atoms with Crippen molar-refractivity contribution < 1.29 is 5.11 Å². The van der Waals surface area contributed by atoms with Crippen LogP contribution in [-0.4, -0.2) is 23.3 Å². The maximum absolute atomic E-state index is 9.66. The quantitative estimate of drug-likeness (QED) is 0.774. The highest BCUT2D eigenvalue weighted by atomic mass is 16.3. The lowest BCUT2D eigenvalue weighted by atomic mass is 9.83. The van der Waals surface area contributed by atoms with Crippen LogP contribution in [0.4, 0.5) is 0 Å². The van der Waals surface area contributed by atoms with E-state index in [-0.39, 0.29) is 6.10 Å². The second-order valence-corrected chi connectivity index (χ2v) is 5.87. The summed E-state index contributed by atoms with van der Waals surface area (Å²) in [5.41, 5.74) is 0. The zero-order valence-corrected chi connectivity index (χ0v) is 10.6. The van der Waals surface area contributed by atoms with Crippen molar-refractivity contribution in [1.29, 1.82) is 0 Å². The van der Waals surface area contributed by atoms with Gasteiger partial charge >= 0.3 is 0 Å². The van der Waals surface area contributed by atoms with Gasteiger partial charge in [0.1, 0.15) is 0 Å². The molecule has 2 nitrogen and oxygen atoms in total. The molecule has 2 aliphatic carbocycles. The van der Waals surface area contributed by atoms with Crippen LogP contribution in [0.5, 0.6) is 0 Å². The molecule has 0 aromatic carbocycles. The fourth-order valence-electron chi connectivity index (χ4n) is 3.46. The Hall–Kier alpha value is -0.0800. The minimum atomic E-state index is -0.0511. The van der Waals surface area contributed by atoms with Crippen LogP contribution in [0.2, 0.25) is 0 Å². The average Bonchev–Trinajstić information content (AvgIpc) is 2.30. The third kappa shape index (κ3) is 3.46. The molecule has 0 aromatic heterocycles. The smallest absolute Gasteiger partial charge is 0.0555 e. The van der Waals surface area contributed by atoms with E-state index in [4.69, 9.17) is 0 Å². The van der Waals surface area contributed by atoms with Crippen molar-refractivity contribution in [2.75, 3.05) is 0 Å². The van der Waals surface area contributed by atoms with Gasteiger partial charge in [0.05, 0.1) is 6.10 Å². The highest BCUT2D eigenvalue weighted by Crippen LogP contribution is 2.27. The number of rotatable bonds is 3. The van der Waals surface area contributed by atoms with Crippen LogP contribution < -0.4 is 5.32 Å². The summed E-state index contributed by atoms with van der Waals surface area (Å²) >= 11 is 0. The zero-order chi connectivity index (χ0) is 11.4. The maximum atomic E-state index is 9.66. The Kier molecular flexibility index (Phi) is 4.66. The van der Waals surface area contributed by atoms with E-state index >= 15 is 0 Å². The van der Waals surface area contributed by atoms with Gasteiger partial charge < -0.3 is 10.4 Å². The van der Waals surface area contributed by atoms with E-state index in [1.54, 1.807) is 0 Å². The molecule has 0 aliphatic heterocycles. The molecule has 0 aromatic rings. The van der Waals surface area contributed by atoms with Gasteiger partial charge in [-0.15, -0.1) is 0 Å². The summed E-state index contributed by atoms with van der Waals surface area (Å²) in [4.78, 5) is 0. The molecule has 2 N–H and O–H groups in total. The first-order valence-corrected chi connectivity index (χ1v) is 7.20. The Labute approximate surface area is 99.8 Å². The highest BCUT2D eigenvalue weighted by molar-refractivity contribution is 4.83. The highest BCUT2D eigenvalue weighted by Gasteiger charge is 2.25. The second-order valence-electron chi connectivity index (χ2n) is 5.87. The Balaban J connectivity index is 1.74. The first-order chi connectivity index (χ1) is 7.75. The fourth-order valence-corrected chi connectivity index (χ4v) is 3.46. The minimum Gasteiger partial charge on any atom is -0.393 e. The van der Waals surface area contributed by atoms with Crippen molar-refractivity contribution in [1.82, 2.24) is 5.32 Å². The summed E-state index contributed by atoms with van der Waals surface area (Å²) in [6, 6.07) is 1.22. The first kappa shape index (κ1) is 12.4. The number of nitrogens with one attached hydrogen (secondary N) is 1. The molecular formula is C14H27NO. The fraction of sp³-hybridized carbons (Fsp3) is 1.00. The molecule has 0 amide bonds. The van der Waals surface area contributed by atoms with Crippen LogP contribution in [0.3, 0.4) is 0 Å². The number of hydrogen-bond acceptors (Lipinski definition) is 2. The summed E-state index contributed by atoms with van der Waals surface area (Å²) in [6.07, 6.45) is 11.5. The zero-order valence-electron chi connectivity index (χ0n) is 10.6. The Morgan fingerprint density at radius 2 is 1.75 bits per heavy atom. The SMILES string of the molecule is CC(NC1CCCC(O)C1)C1CCCCC1. The van der Waals surface area contributed by atoms with E-state index in [0.717, 1.165) is 18.8 Å². The van der Waals surface area contributed by atoms with Gasteiger partial charge in [0.2, 0.25) is 0 Å². The van der Waals surface area contributed by atoms with Crippen LogP contribution in [0, 0.1) is 5.92 Å². The summed E-state index contributed by atoms with van der Waals surface area (Å²) < 4.78 is 0. The van der Waals surface area contributed by atoms with E-state index < -0.39 is 0 Å². The molecule has 2 aliphatic rings. The maximum Gasteiger partial charge on any atom is 0.0555 e. The summed E-state index contributed by atoms with van der Waals surface area (Å²) in [6.45, 7) is 2.34. The number of aliphatic hydroxyl groups is 1. The predicted molar refractivity (Wildman–Crippen MR) is 67.4 cm³/mol. The largest absolute Gasteiger partial charge is 0.393 e. The molecule has 2 rings (SSSR count). The first-order valence-electron chi connectivity index (χ1n) is 7.20. The van der Waals surface area contributed by atoms with E-state index in [1.165, 1.54) is 44.9 Å². The van der Waals surface area contributed by atoms with Crippen LogP contribution in [0.25, 0.3) is 0 Å². The monoisotopic (exact) mass is 225 g/mol. The summed E-state index contributed by atoms with van der Waals surface area (Å²) in [7, 11) is 0. The van der Waals surface area contributed by atoms with Crippen molar-refractivity contribution in [2.24, 2.45) is 5.92 Å². The van der Waals surface area contributed by atoms with Gasteiger partial charge in [0, 0.05) is 12.1 Å². The molecule has 0 radical (unpaired) electrons. The van der Waals surface area contributed by atoms with Gasteiger partial charge in [-0.25, -0.2) is 0 Å². The van der Waals surface area contributed by atoms with Gasteiger partial charge in [0.15, 0.2) is 0 Å². The molecule has 0 spiro atoms. The second kappa shape index (κ2) is 6.02. The average molecular weight is 225 g/mol. The normalized spacial score (nSPS) is 34.9. The van der Waals surface area contributed by atoms with Gasteiger partial charge in [-0.05, 0) is 51.4 Å². The molecule has 3 atom stereocenters. The number of aliphatic hydroxyl groups excluding tert-OH is 1. The Morgan fingerprint density at radius 1 is 1.00 bits per heavy atom. The van der Waals surface area contributed by atoms with Gasteiger partial charge in [-0.2, -0.15) is 0 Å². The van der Waals surface area contributed by atoms with Crippen molar-refractivity contribution >= 4 is 0 Å². The van der Waals surface area contributed by atoms with Crippen molar-refractivity contribution in [3.05, 3.63) is 0 Å². The van der Waals surface area contributed by atoms with Crippen LogP contribution in [0.1, 0.15) is 64.7 Å². The van der Waals surface area contributed by atoms with E-state index in [0.29, 0.717) is 12.1 Å². The Bertz CT molecular complexity index is 201. The molecule has 0 saturated heterocycles. The topological polar surface area (TPSA) is 32.3 Å². The van der Waals surface area contributed by atoms with E-state index in [1.807, 2.05) is 0 Å². The molecule has 3 unspecified atom stereocenters. The van der Waals surface area contributed by atoms with Gasteiger partial charge in [-0.3, -0.25) is 0 Å². The predicted octanol–water partition coefficient (Wildman–Crippen LogP) is 2.85. The van der Waals surface area contributed by atoms with Gasteiger partial charge in [-0.1, -0.05) is 19.3 Å². The summed E-state index contributed by atoms with van der Waals surface area (Å²) in [5.74, 6) is 0.882. The van der Waals surface area contributed by atoms with E-state index in [9.17, 15) is 5.11 Å². The molecule has 2 fully saturated rings. The van der Waals surface area contributed by atoms with Crippen molar-refractivity contribution in [3.63, 3.8) is 0 Å². The minimum absolute atomic E-state index is 0.0511. The molecule has 0 bridgehead atoms. The van der Waals surface area contributed by atoms with Crippen LogP contribution in [0.15, 0.2) is 0 Å². The van der Waals surface area contributed by atoms with Crippen molar-refractivity contribution in [3.8, 4) is 0 Å². The standard InChI is InChI=1S/C14H27NO/c1-11(12-6-3-2-4-7-12)15-13-8-5-9-14(16)10-13/h11-16H,2-10H2,1H3. The van der Waals surface area contributed by atoms with Crippen molar-refractivity contribution in [2.45, 2.75) is 82.9 Å². The summed E-state index contributed by atoms with van der Waals surface area (Å²) in [5, 5.41) is 13.4. The Morgan fingerprint density at radius 3 is 2.44 bits per heavy atom. The lowest BCUT2D eigenvalue weighted by Gasteiger charge is -2.34. The molecule has 2 saturated carbocycles. The number of hydrogen-bond donors (Lipinski definition) is 2. The third-order valence-electron chi connectivity index (χ3n) is 4.50. The molecule has 94 valence electrons. The third-order valence-corrected chi connectivity index (χ3v) is 4.50. The van der Waals surface area contributed by atoms with Crippen LogP contribution in [-0.2, 0) is 0 Å². The molecule has 0 heterocycles. The lowest BCUT2D eigenvalue weighted by molar-refractivity contribution is 0.104. The van der Waals surface area contributed by atoms with Crippen LogP contribution >= 0.6 is 0 Å². The van der Waals surface area contributed by atoms with E-state index in [2.05, 4.69) is 12.2 Å². The molecular weight excluding hydrogens is 198 g/mol. The lowest BCUT2D eigenvalue weighted by Crippen LogP contribution is -2.44. The molecule has 16 heavy (non-hydrogen) atoms. The van der Waals surface area contributed by atoms with Gasteiger partial charge in [0.25, 0.3) is 0 Å². The molecule has 2 heteroatoms.